The highest BCUT2D eigenvalue weighted by Gasteiger charge is 2.31. The monoisotopic (exact) mass is 164 g/mol. The van der Waals surface area contributed by atoms with Gasteiger partial charge in [0.2, 0.25) is 0 Å². The summed E-state index contributed by atoms with van der Waals surface area (Å²) in [6, 6.07) is 0. The number of allylic oxidation sites excluding steroid dienone is 1. The minimum atomic E-state index is -4.50. The van der Waals surface area contributed by atoms with E-state index in [0.717, 1.165) is 0 Å². The fraction of sp³-hybridized carbons (Fsp3) is 0.333. The van der Waals surface area contributed by atoms with Gasteiger partial charge in [0, 0.05) is 5.54 Å². The van der Waals surface area contributed by atoms with E-state index in [2.05, 4.69) is 23.2 Å². The van der Waals surface area contributed by atoms with E-state index in [4.69, 9.17) is 0 Å². The summed E-state index contributed by atoms with van der Waals surface area (Å²) in [5, 5.41) is -1.31. The smallest absolute Gasteiger partial charge is 0.165 e. The van der Waals surface area contributed by atoms with E-state index in [0.29, 0.717) is 0 Å². The summed E-state index contributed by atoms with van der Waals surface area (Å²) in [6.07, 6.45) is -4.50. The summed E-state index contributed by atoms with van der Waals surface area (Å²) < 4.78 is 33.5. The van der Waals surface area contributed by atoms with Crippen molar-refractivity contribution in [2.45, 2.75) is 6.18 Å². The minimum Gasteiger partial charge on any atom is -0.165 e. The molecule has 0 amide bonds. The highest BCUT2D eigenvalue weighted by Crippen LogP contribution is 2.28. The zero-order valence-corrected chi connectivity index (χ0v) is 4.98. The van der Waals surface area contributed by atoms with Crippen molar-refractivity contribution in [2.24, 2.45) is 0 Å². The van der Waals surface area contributed by atoms with Crippen LogP contribution in [0.2, 0.25) is 0 Å². The molecule has 5 heteroatoms. The van der Waals surface area contributed by atoms with Crippen LogP contribution in [-0.2, 0) is 0 Å². The van der Waals surface area contributed by atoms with Gasteiger partial charge in [0.05, 0.1) is 0 Å². The van der Waals surface area contributed by atoms with Crippen molar-refractivity contribution in [3.8, 4) is 0 Å². The van der Waals surface area contributed by atoms with Crippen LogP contribution in [0.5, 0.6) is 0 Å². The molecule has 0 atom stereocenters. The molecule has 0 aromatic carbocycles. The van der Waals surface area contributed by atoms with Crippen molar-refractivity contribution in [2.75, 3.05) is 0 Å². The first-order valence-electron chi connectivity index (χ1n) is 1.51. The second-order valence-electron chi connectivity index (χ2n) is 0.955. The first-order valence-corrected chi connectivity index (χ1v) is 2.33. The fourth-order valence-corrected chi connectivity index (χ4v) is 0.186. The second kappa shape index (κ2) is 2.60. The van der Waals surface area contributed by atoms with E-state index in [1.807, 2.05) is 0 Å². The van der Waals surface area contributed by atoms with Gasteiger partial charge in [-0.1, -0.05) is 23.2 Å². The second-order valence-corrected chi connectivity index (χ2v) is 1.58. The van der Waals surface area contributed by atoms with Gasteiger partial charge in [-0.2, -0.15) is 13.2 Å². The highest BCUT2D eigenvalue weighted by molar-refractivity contribution is 6.37. The van der Waals surface area contributed by atoms with Crippen molar-refractivity contribution in [3.63, 3.8) is 0 Å². The number of hydrogen-bond donors (Lipinski definition) is 0. The Morgan fingerprint density at radius 2 is 1.75 bits per heavy atom. The van der Waals surface area contributed by atoms with Gasteiger partial charge in [0.15, 0.2) is 0 Å². The van der Waals surface area contributed by atoms with Crippen molar-refractivity contribution in [1.82, 2.24) is 0 Å². The Hall–Kier alpha value is 0.110. The molecule has 0 saturated carbocycles. The predicted octanol–water partition coefficient (Wildman–Crippen LogP) is 2.87. The highest BCUT2D eigenvalue weighted by atomic mass is 35.5. The Morgan fingerprint density at radius 3 is 1.75 bits per heavy atom. The number of alkyl halides is 3. The molecule has 8 heavy (non-hydrogen) atoms. The van der Waals surface area contributed by atoms with Crippen LogP contribution in [0.4, 0.5) is 13.2 Å². The van der Waals surface area contributed by atoms with Crippen LogP contribution in [0.3, 0.4) is 0 Å². The van der Waals surface area contributed by atoms with Crippen LogP contribution in [0, 0.1) is 0 Å². The van der Waals surface area contributed by atoms with Crippen LogP contribution >= 0.6 is 23.2 Å². The zero-order chi connectivity index (χ0) is 6.78. The molecule has 0 radical (unpaired) electrons. The maximum absolute atomic E-state index is 11.2. The van der Waals surface area contributed by atoms with Gasteiger partial charge >= 0.3 is 6.18 Å². The predicted molar refractivity (Wildman–Crippen MR) is 25.8 cm³/mol. The molecule has 0 aliphatic heterocycles. The summed E-state index contributed by atoms with van der Waals surface area (Å²) in [5.74, 6) is 0. The van der Waals surface area contributed by atoms with Gasteiger partial charge in [0.25, 0.3) is 0 Å². The number of halogens is 5. The lowest BCUT2D eigenvalue weighted by Crippen LogP contribution is -2.05. The van der Waals surface area contributed by atoms with E-state index in [9.17, 15) is 13.2 Å². The van der Waals surface area contributed by atoms with Gasteiger partial charge in [-0.3, -0.25) is 0 Å². The molecule has 0 nitrogen and oxygen atoms in total. The van der Waals surface area contributed by atoms with Crippen molar-refractivity contribution in [3.05, 3.63) is 10.6 Å². The lowest BCUT2D eigenvalue weighted by atomic mass is 10.6. The van der Waals surface area contributed by atoms with E-state index in [-0.39, 0.29) is 5.54 Å². The summed E-state index contributed by atoms with van der Waals surface area (Å²) in [5.41, 5.74) is 0.279. The first-order chi connectivity index (χ1) is 3.48. The third kappa shape index (κ3) is 2.43. The lowest BCUT2D eigenvalue weighted by Gasteiger charge is -1.99. The molecular weight excluding hydrogens is 164 g/mol. The molecule has 0 aliphatic carbocycles. The van der Waals surface area contributed by atoms with Gasteiger partial charge in [-0.25, -0.2) is 0 Å². The molecule has 0 rings (SSSR count). The van der Waals surface area contributed by atoms with Gasteiger partial charge in [-0.05, 0) is 0 Å². The van der Waals surface area contributed by atoms with Crippen LogP contribution in [0.25, 0.3) is 0 Å². The molecule has 0 heterocycles. The SMILES string of the molecule is FC(F)(F)/C(Cl)=C/Cl. The molecule has 0 aromatic heterocycles. The molecule has 0 unspecified atom stereocenters. The molecular formula is C3HCl2F3. The maximum Gasteiger partial charge on any atom is 0.427 e. The Kier molecular flexibility index (Phi) is 2.63. The topological polar surface area (TPSA) is 0 Å². The zero-order valence-electron chi connectivity index (χ0n) is 3.47. The summed E-state index contributed by atoms with van der Waals surface area (Å²) in [4.78, 5) is 0. The Bertz CT molecular complexity index is 104. The molecule has 0 saturated heterocycles. The Balaban J connectivity index is 4.03. The largest absolute Gasteiger partial charge is 0.427 e. The third-order valence-electron chi connectivity index (χ3n) is 0.367. The number of hydrogen-bond acceptors (Lipinski definition) is 0. The van der Waals surface area contributed by atoms with E-state index < -0.39 is 11.2 Å². The normalized spacial score (nSPS) is 14.4. The Morgan fingerprint density at radius 1 is 1.38 bits per heavy atom. The lowest BCUT2D eigenvalue weighted by molar-refractivity contribution is -0.0843. The molecule has 0 bridgehead atoms. The van der Waals surface area contributed by atoms with Crippen LogP contribution in [0.15, 0.2) is 10.6 Å². The summed E-state index contributed by atoms with van der Waals surface area (Å²) in [7, 11) is 0. The van der Waals surface area contributed by atoms with E-state index in [1.165, 1.54) is 0 Å². The average molecular weight is 165 g/mol. The van der Waals surface area contributed by atoms with E-state index >= 15 is 0 Å². The van der Waals surface area contributed by atoms with Crippen molar-refractivity contribution in [1.29, 1.82) is 0 Å². The van der Waals surface area contributed by atoms with Gasteiger partial charge < -0.3 is 0 Å². The molecule has 48 valence electrons. The molecule has 0 aliphatic rings. The summed E-state index contributed by atoms with van der Waals surface area (Å²) >= 11 is 9.17. The Labute approximate surface area is 53.9 Å². The van der Waals surface area contributed by atoms with Crippen molar-refractivity contribution >= 4 is 23.2 Å². The third-order valence-corrected chi connectivity index (χ3v) is 1.02. The van der Waals surface area contributed by atoms with Crippen LogP contribution < -0.4 is 0 Å². The van der Waals surface area contributed by atoms with Crippen LogP contribution in [-0.4, -0.2) is 6.18 Å². The fourth-order valence-electron chi connectivity index (χ4n) is 0.0619. The van der Waals surface area contributed by atoms with Gasteiger partial charge in [0.1, 0.15) is 5.03 Å². The van der Waals surface area contributed by atoms with Crippen LogP contribution in [0.1, 0.15) is 0 Å². The first kappa shape index (κ1) is 8.11. The molecule has 0 aromatic rings. The van der Waals surface area contributed by atoms with E-state index in [1.54, 1.807) is 0 Å². The van der Waals surface area contributed by atoms with Crippen molar-refractivity contribution < 1.29 is 13.2 Å². The minimum absolute atomic E-state index is 0.279. The standard InChI is InChI=1S/C3HCl2F3/c4-1-2(5)3(6,7)8/h1H/b2-1-. The molecule has 0 spiro atoms. The maximum atomic E-state index is 11.2. The average Bonchev–Trinajstić information content (AvgIpc) is 1.62. The van der Waals surface area contributed by atoms with Gasteiger partial charge in [-0.15, -0.1) is 0 Å². The summed E-state index contributed by atoms with van der Waals surface area (Å²) in [6.45, 7) is 0. The quantitative estimate of drug-likeness (QED) is 0.517. The molecule has 0 N–H and O–H groups in total. The molecule has 0 fully saturated rings. The number of rotatable bonds is 0.